The lowest BCUT2D eigenvalue weighted by Gasteiger charge is -2.08. The third kappa shape index (κ3) is 3.03. The van der Waals surface area contributed by atoms with E-state index in [1.54, 1.807) is 18.2 Å². The zero-order chi connectivity index (χ0) is 14.9. The molecule has 2 rings (SSSR count). The molecule has 1 nitrogen and oxygen atoms in total. The van der Waals surface area contributed by atoms with Crippen molar-refractivity contribution in [2.24, 2.45) is 0 Å². The number of carbonyl (C=O) groups is 1. The first-order valence-corrected chi connectivity index (χ1v) is 7.06. The summed E-state index contributed by atoms with van der Waals surface area (Å²) in [6.07, 6.45) is -0.0951. The lowest BCUT2D eigenvalue weighted by Crippen LogP contribution is -2.07. The first kappa shape index (κ1) is 15.4. The smallest absolute Gasteiger partial charge is 0.173 e. The van der Waals surface area contributed by atoms with Gasteiger partial charge in [0.15, 0.2) is 17.4 Å². The van der Waals surface area contributed by atoms with E-state index in [1.807, 2.05) is 0 Å². The molecule has 0 spiro atoms. The molecule has 0 amide bonds. The molecule has 2 aromatic rings. The van der Waals surface area contributed by atoms with Gasteiger partial charge in [0, 0.05) is 22.0 Å². The van der Waals surface area contributed by atoms with Crippen LogP contribution >= 0.6 is 39.1 Å². The van der Waals surface area contributed by atoms with E-state index in [4.69, 9.17) is 23.2 Å². The molecule has 104 valence electrons. The van der Waals surface area contributed by atoms with Crippen molar-refractivity contribution in [1.82, 2.24) is 0 Å². The fourth-order valence-corrected chi connectivity index (χ4v) is 2.77. The highest BCUT2D eigenvalue weighted by molar-refractivity contribution is 9.10. The first-order valence-electron chi connectivity index (χ1n) is 5.51. The molecule has 0 aromatic heterocycles. The van der Waals surface area contributed by atoms with Crippen molar-refractivity contribution >= 4 is 44.9 Å². The van der Waals surface area contributed by atoms with Gasteiger partial charge in [-0.05, 0) is 45.8 Å². The lowest BCUT2D eigenvalue weighted by molar-refractivity contribution is 0.0991. The molecule has 6 heteroatoms. The quantitative estimate of drug-likeness (QED) is 0.511. The van der Waals surface area contributed by atoms with E-state index in [1.165, 1.54) is 6.07 Å². The zero-order valence-corrected chi connectivity index (χ0v) is 13.0. The van der Waals surface area contributed by atoms with Crippen LogP contribution in [0.25, 0.3) is 0 Å². The van der Waals surface area contributed by atoms with Gasteiger partial charge < -0.3 is 0 Å². The Labute approximate surface area is 132 Å². The summed E-state index contributed by atoms with van der Waals surface area (Å²) >= 11 is 14.8. The normalized spacial score (nSPS) is 10.7. The second kappa shape index (κ2) is 6.20. The average molecular weight is 380 g/mol. The molecule has 0 radical (unpaired) electrons. The van der Waals surface area contributed by atoms with Crippen LogP contribution in [0.3, 0.4) is 0 Å². The summed E-state index contributed by atoms with van der Waals surface area (Å²) in [4.78, 5) is 12.2. The molecule has 0 heterocycles. The van der Waals surface area contributed by atoms with Crippen molar-refractivity contribution in [3.8, 4) is 0 Å². The first-order chi connectivity index (χ1) is 9.41. The fourth-order valence-electron chi connectivity index (χ4n) is 1.70. The summed E-state index contributed by atoms with van der Waals surface area (Å²) in [5.74, 6) is -2.53. The van der Waals surface area contributed by atoms with E-state index in [-0.39, 0.29) is 16.5 Å². The number of Topliss-reactive ketones (excluding diaryl/α,β-unsaturated/α-hetero) is 1. The Hall–Kier alpha value is -0.970. The highest BCUT2D eigenvalue weighted by Crippen LogP contribution is 2.28. The standard InChI is InChI=1S/C14H7BrCl2F2O/c15-13-7(4-5-11(18)14(13)19)12(20)6-8-9(16)2-1-3-10(8)17/h1-5H,6H2. The molecule has 0 fully saturated rings. The summed E-state index contributed by atoms with van der Waals surface area (Å²) in [6, 6.07) is 7.00. The van der Waals surface area contributed by atoms with Crippen LogP contribution in [0.1, 0.15) is 15.9 Å². The molecular formula is C14H7BrCl2F2O. The minimum absolute atomic E-state index is 0.0416. The number of halogens is 5. The maximum absolute atomic E-state index is 13.4. The van der Waals surface area contributed by atoms with E-state index in [2.05, 4.69) is 15.9 Å². The van der Waals surface area contributed by atoms with E-state index in [0.29, 0.717) is 15.6 Å². The predicted octanol–water partition coefficient (Wildman–Crippen LogP) is 5.46. The van der Waals surface area contributed by atoms with Crippen molar-refractivity contribution in [2.45, 2.75) is 6.42 Å². The summed E-state index contributed by atoms with van der Waals surface area (Å²) < 4.78 is 26.2. The summed E-state index contributed by atoms with van der Waals surface area (Å²) in [6.45, 7) is 0. The van der Waals surface area contributed by atoms with E-state index < -0.39 is 17.4 Å². The van der Waals surface area contributed by atoms with Gasteiger partial charge in [-0.15, -0.1) is 0 Å². The third-order valence-corrected chi connectivity index (χ3v) is 4.22. The lowest BCUT2D eigenvalue weighted by atomic mass is 10.0. The molecule has 0 atom stereocenters. The molecule has 0 unspecified atom stereocenters. The molecule has 0 N–H and O–H groups in total. The Morgan fingerprint density at radius 1 is 1.10 bits per heavy atom. The van der Waals surface area contributed by atoms with E-state index in [9.17, 15) is 13.6 Å². The van der Waals surface area contributed by atoms with Gasteiger partial charge >= 0.3 is 0 Å². The molecule has 20 heavy (non-hydrogen) atoms. The van der Waals surface area contributed by atoms with Crippen LogP contribution < -0.4 is 0 Å². The molecule has 0 bridgehead atoms. The van der Waals surface area contributed by atoms with Crippen molar-refractivity contribution in [3.05, 3.63) is 67.6 Å². The van der Waals surface area contributed by atoms with Crippen LogP contribution in [0.5, 0.6) is 0 Å². The highest BCUT2D eigenvalue weighted by atomic mass is 79.9. The number of carbonyl (C=O) groups excluding carboxylic acids is 1. The highest BCUT2D eigenvalue weighted by Gasteiger charge is 2.18. The molecule has 0 aliphatic rings. The topological polar surface area (TPSA) is 17.1 Å². The molecule has 0 aliphatic carbocycles. The van der Waals surface area contributed by atoms with Gasteiger partial charge in [0.2, 0.25) is 0 Å². The van der Waals surface area contributed by atoms with Crippen LogP contribution in [0.2, 0.25) is 10.0 Å². The Bertz CT molecular complexity index is 669. The van der Waals surface area contributed by atoms with Gasteiger partial charge in [-0.1, -0.05) is 29.3 Å². The summed E-state index contributed by atoms with van der Waals surface area (Å²) in [5, 5.41) is 0.703. The fraction of sp³-hybridized carbons (Fsp3) is 0.0714. The number of hydrogen-bond donors (Lipinski definition) is 0. The minimum Gasteiger partial charge on any atom is -0.294 e. The van der Waals surface area contributed by atoms with Gasteiger partial charge in [-0.3, -0.25) is 4.79 Å². The molecule has 0 saturated heterocycles. The number of benzene rings is 2. The van der Waals surface area contributed by atoms with Gasteiger partial charge in [-0.25, -0.2) is 8.78 Å². The molecule has 0 saturated carbocycles. The van der Waals surface area contributed by atoms with Crippen LogP contribution in [-0.4, -0.2) is 5.78 Å². The second-order valence-corrected chi connectivity index (χ2v) is 5.63. The summed E-state index contributed by atoms with van der Waals surface area (Å²) in [5.41, 5.74) is 0.498. The van der Waals surface area contributed by atoms with Gasteiger partial charge in [-0.2, -0.15) is 0 Å². The molecule has 0 aliphatic heterocycles. The monoisotopic (exact) mass is 378 g/mol. The Balaban J connectivity index is 2.36. The van der Waals surface area contributed by atoms with Crippen LogP contribution in [0, 0.1) is 11.6 Å². The second-order valence-electron chi connectivity index (χ2n) is 4.02. The summed E-state index contributed by atoms with van der Waals surface area (Å²) in [7, 11) is 0. The van der Waals surface area contributed by atoms with Crippen LogP contribution in [0.15, 0.2) is 34.8 Å². The largest absolute Gasteiger partial charge is 0.294 e. The molecular weight excluding hydrogens is 373 g/mol. The SMILES string of the molecule is O=C(Cc1c(Cl)cccc1Cl)c1ccc(F)c(F)c1Br. The van der Waals surface area contributed by atoms with Gasteiger partial charge in [0.05, 0.1) is 4.47 Å². The van der Waals surface area contributed by atoms with Crippen molar-refractivity contribution in [1.29, 1.82) is 0 Å². The van der Waals surface area contributed by atoms with Crippen molar-refractivity contribution < 1.29 is 13.6 Å². The molecule has 2 aromatic carbocycles. The van der Waals surface area contributed by atoms with Gasteiger partial charge in [0.25, 0.3) is 0 Å². The minimum atomic E-state index is -1.10. The van der Waals surface area contributed by atoms with Crippen LogP contribution in [-0.2, 0) is 6.42 Å². The Morgan fingerprint density at radius 3 is 2.30 bits per heavy atom. The number of hydrogen-bond acceptors (Lipinski definition) is 1. The maximum Gasteiger partial charge on any atom is 0.173 e. The maximum atomic E-state index is 13.4. The van der Waals surface area contributed by atoms with E-state index >= 15 is 0 Å². The predicted molar refractivity (Wildman–Crippen MR) is 78.6 cm³/mol. The zero-order valence-electron chi connectivity index (χ0n) is 9.89. The number of ketones is 1. The van der Waals surface area contributed by atoms with E-state index in [0.717, 1.165) is 6.07 Å². The van der Waals surface area contributed by atoms with Crippen molar-refractivity contribution in [2.75, 3.05) is 0 Å². The number of rotatable bonds is 3. The third-order valence-electron chi connectivity index (χ3n) is 2.73. The van der Waals surface area contributed by atoms with Crippen LogP contribution in [0.4, 0.5) is 8.78 Å². The average Bonchev–Trinajstić information content (AvgIpc) is 2.40. The van der Waals surface area contributed by atoms with Crippen molar-refractivity contribution in [3.63, 3.8) is 0 Å². The Morgan fingerprint density at radius 2 is 1.70 bits per heavy atom. The Kier molecular flexibility index (Phi) is 4.78. The van der Waals surface area contributed by atoms with Gasteiger partial charge in [0.1, 0.15) is 0 Å².